The van der Waals surface area contributed by atoms with Crippen molar-refractivity contribution in [1.29, 1.82) is 0 Å². The third-order valence-electron chi connectivity index (χ3n) is 0.844. The molecule has 9 N–H and O–H groups in total. The van der Waals surface area contributed by atoms with Gasteiger partial charge in [-0.1, -0.05) is 0 Å². The van der Waals surface area contributed by atoms with Crippen LogP contribution in [0.3, 0.4) is 0 Å². The van der Waals surface area contributed by atoms with Crippen LogP contribution in [0.15, 0.2) is 0 Å². The molecule has 0 aliphatic rings. The molecule has 0 aromatic carbocycles. The van der Waals surface area contributed by atoms with E-state index in [0.29, 0.717) is 0 Å². The van der Waals surface area contributed by atoms with E-state index < -0.39 is 21.9 Å². The van der Waals surface area contributed by atoms with Crippen molar-refractivity contribution in [2.45, 2.75) is 12.2 Å². The molecule has 2 atom stereocenters. The third-order valence-corrected chi connectivity index (χ3v) is 1.82. The van der Waals surface area contributed by atoms with Gasteiger partial charge in [0.25, 0.3) is 0 Å². The van der Waals surface area contributed by atoms with Crippen molar-refractivity contribution in [1.82, 2.24) is 0 Å². The van der Waals surface area contributed by atoms with Crippen molar-refractivity contribution in [3.63, 3.8) is 0 Å². The number of carbonyl (C=O) groups excluding carboxylic acids is 1. The Morgan fingerprint density at radius 3 is 1.43 bits per heavy atom. The Morgan fingerprint density at radius 2 is 1.36 bits per heavy atom. The van der Waals surface area contributed by atoms with Gasteiger partial charge >= 0.3 is 121 Å². The summed E-state index contributed by atoms with van der Waals surface area (Å²) in [5.41, 5.74) is 0. The van der Waals surface area contributed by atoms with Gasteiger partial charge in [-0.15, -0.1) is 0 Å². The fourth-order valence-electron chi connectivity index (χ4n) is 0.291. The van der Waals surface area contributed by atoms with E-state index in [1.165, 1.54) is 0 Å². The number of rotatable bonds is 3. The van der Waals surface area contributed by atoms with Gasteiger partial charge in [-0.2, -0.15) is 0 Å². The number of carboxylic acids is 1. The monoisotopic (exact) mass is 350 g/mol. The summed E-state index contributed by atoms with van der Waals surface area (Å²) < 4.78 is -0.639. The number of aliphatic hydroxyl groups is 2. The van der Waals surface area contributed by atoms with Gasteiger partial charge in [0.15, 0.2) is 0 Å². The average Bonchev–Trinajstić information content (AvgIpc) is 1.84. The molecule has 10 heteroatoms. The van der Waals surface area contributed by atoms with Crippen LogP contribution in [0.5, 0.6) is 0 Å². The minimum Gasteiger partial charge on any atom is -1.00 e. The van der Waals surface area contributed by atoms with Gasteiger partial charge in [-0.05, 0) is 0 Å². The first-order chi connectivity index (χ1) is 4.46. The van der Waals surface area contributed by atoms with Gasteiger partial charge in [0.1, 0.15) is 0 Å². The van der Waals surface area contributed by atoms with Crippen LogP contribution in [0.2, 0.25) is 0 Å². The standard InChI is InChI=1S/C4H5O5.K.3H2O.Sb.3H/c5-1-2(6)3(7)4(8)9;;;;;;;;/h2-3,6-7H,(H,8,9);;3*1H2;;;;/q;+1;;;;;;;-1. The minimum atomic E-state index is -1.98. The van der Waals surface area contributed by atoms with Crippen LogP contribution in [0.25, 0.3) is 0 Å². The Hall–Kier alpha value is 1.39. The topological polar surface area (TPSA) is 189 Å². The molecule has 0 saturated carbocycles. The van der Waals surface area contributed by atoms with Gasteiger partial charge in [0.05, 0.1) is 0 Å². The molecule has 0 heterocycles. The Kier molecular flexibility index (Phi) is 30.4. The number of hydrogen-bond acceptors (Lipinski definition) is 4. The van der Waals surface area contributed by atoms with Crippen molar-refractivity contribution >= 4 is 32.7 Å². The van der Waals surface area contributed by atoms with E-state index in [1.54, 1.807) is 0 Å². The molecule has 0 aliphatic carbocycles. The normalized spacial score (nSPS) is 11.4. The van der Waals surface area contributed by atoms with Crippen molar-refractivity contribution in [2.24, 2.45) is 0 Å². The Bertz CT molecular complexity index is 151. The quantitative estimate of drug-likeness (QED) is 0.425. The zero-order valence-corrected chi connectivity index (χ0v) is 13.8. The largest absolute Gasteiger partial charge is 1.00 e. The van der Waals surface area contributed by atoms with Gasteiger partial charge in [0.2, 0.25) is 0 Å². The van der Waals surface area contributed by atoms with E-state index >= 15 is 0 Å². The van der Waals surface area contributed by atoms with Crippen LogP contribution in [0, 0.1) is 0 Å². The minimum absolute atomic E-state index is 0. The number of aliphatic hydroxyl groups excluding tert-OH is 2. The van der Waals surface area contributed by atoms with Gasteiger partial charge in [-0.25, -0.2) is 0 Å². The summed E-state index contributed by atoms with van der Waals surface area (Å²) in [7, 11) is 0. The summed E-state index contributed by atoms with van der Waals surface area (Å²) >= 11 is 0.0958. The predicted octanol–water partition coefficient (Wildman–Crippen LogP) is -8.41. The fourth-order valence-corrected chi connectivity index (χ4v) is 0.811. The van der Waals surface area contributed by atoms with Gasteiger partial charge in [0, 0.05) is 0 Å². The van der Waals surface area contributed by atoms with Gasteiger partial charge in [-0.3, -0.25) is 0 Å². The summed E-state index contributed by atoms with van der Waals surface area (Å²) in [4.78, 5) is 20.2. The van der Waals surface area contributed by atoms with E-state index in [0.717, 1.165) is 0 Å². The number of hydrogen-bond donors (Lipinski definition) is 3. The molecule has 14 heavy (non-hydrogen) atoms. The second-order valence-corrected chi connectivity index (χ2v) is 3.25. The van der Waals surface area contributed by atoms with E-state index in [-0.39, 0.29) is 92.3 Å². The molecule has 8 nitrogen and oxygen atoms in total. The maximum Gasteiger partial charge on any atom is 1.00 e. The Morgan fingerprint density at radius 1 is 1.07 bits per heavy atom. The second-order valence-electron chi connectivity index (χ2n) is 1.63. The molecule has 84 valence electrons. The van der Waals surface area contributed by atoms with E-state index in [4.69, 9.17) is 15.3 Å². The molecule has 0 radical (unpaired) electrons. The molecule has 2 unspecified atom stereocenters. The SMILES string of the molecule is O.O.O.O=C(O)C(O)C(O)[C](=O)[SbH2].[H-].[K+]. The summed E-state index contributed by atoms with van der Waals surface area (Å²) in [6.45, 7) is 0. The maximum atomic E-state index is 10.3. The van der Waals surface area contributed by atoms with Crippen LogP contribution in [0.1, 0.15) is 1.43 Å². The van der Waals surface area contributed by atoms with E-state index in [2.05, 4.69) is 0 Å². The summed E-state index contributed by atoms with van der Waals surface area (Å²) in [6, 6.07) is 0. The Balaban J connectivity index is -0.0000000405. The summed E-state index contributed by atoms with van der Waals surface area (Å²) in [6.07, 6.45) is -3.75. The molecular formula is C4H14KO8Sb. The van der Waals surface area contributed by atoms with Gasteiger partial charge < -0.3 is 17.9 Å². The smallest absolute Gasteiger partial charge is 1.00 e. The van der Waals surface area contributed by atoms with E-state index in [9.17, 15) is 9.59 Å². The second kappa shape index (κ2) is 14.4. The Labute approximate surface area is 137 Å². The molecule has 0 amide bonds. The molecule has 0 saturated heterocycles. The molecule has 0 aliphatic heterocycles. The third kappa shape index (κ3) is 11.5. The van der Waals surface area contributed by atoms with Crippen molar-refractivity contribution in [2.75, 3.05) is 0 Å². The van der Waals surface area contributed by atoms with Crippen LogP contribution in [-0.2, 0) is 9.59 Å². The zero-order chi connectivity index (χ0) is 8.31. The van der Waals surface area contributed by atoms with Crippen LogP contribution >= 0.6 is 0 Å². The first-order valence-electron chi connectivity index (χ1n) is 2.35. The molecule has 0 rings (SSSR count). The first kappa shape index (κ1) is 29.5. The molecule has 0 bridgehead atoms. The number of aliphatic carboxylic acids is 1. The predicted molar refractivity (Wildman–Crippen MR) is 45.2 cm³/mol. The van der Waals surface area contributed by atoms with Crippen LogP contribution in [0.4, 0.5) is 0 Å². The fraction of sp³-hybridized carbons (Fsp3) is 0.500. The first-order valence-corrected chi connectivity index (χ1v) is 4.00. The number of carbonyl (C=O) groups is 2. The molecule has 0 aromatic heterocycles. The van der Waals surface area contributed by atoms with Crippen LogP contribution < -0.4 is 51.4 Å². The van der Waals surface area contributed by atoms with Crippen molar-refractivity contribution in [3.05, 3.63) is 0 Å². The van der Waals surface area contributed by atoms with Crippen molar-refractivity contribution in [3.8, 4) is 0 Å². The summed E-state index contributed by atoms with van der Waals surface area (Å²) in [5, 5.41) is 25.2. The molecular weight excluding hydrogens is 337 g/mol. The van der Waals surface area contributed by atoms with Crippen LogP contribution in [-0.4, -0.2) is 76.7 Å². The van der Waals surface area contributed by atoms with E-state index in [1.807, 2.05) is 0 Å². The zero-order valence-electron chi connectivity index (χ0n) is 8.39. The maximum absolute atomic E-state index is 10.3. The van der Waals surface area contributed by atoms with Crippen molar-refractivity contribution < 1.29 is 94.1 Å². The average molecular weight is 351 g/mol. The molecule has 0 spiro atoms. The molecule has 0 fully saturated rings. The molecule has 0 aromatic rings. The number of carboxylic acid groups (broad SMARTS) is 1. The summed E-state index contributed by atoms with van der Waals surface area (Å²) in [5.74, 6) is -1.59.